The number of anilines is 2. The summed E-state index contributed by atoms with van der Waals surface area (Å²) in [6.45, 7) is 10.4. The molecule has 0 radical (unpaired) electrons. The second-order valence-corrected chi connectivity index (χ2v) is 9.77. The molecular weight excluding hydrogens is 404 g/mol. The number of hydrogen-bond donors (Lipinski definition) is 2. The number of benzene rings is 2. The molecule has 4 atom stereocenters. The molecular formula is C24H32N6O2. The Morgan fingerprint density at radius 3 is 1.34 bits per heavy atom. The van der Waals surface area contributed by atoms with Crippen LogP contribution in [0.5, 0.6) is 11.5 Å². The molecule has 4 saturated heterocycles. The van der Waals surface area contributed by atoms with Gasteiger partial charge in [-0.2, -0.15) is 0 Å². The Hall–Kier alpha value is -2.52. The van der Waals surface area contributed by atoms with Crippen molar-refractivity contribution in [2.45, 2.75) is 38.3 Å². The van der Waals surface area contributed by atoms with Crippen molar-refractivity contribution in [3.8, 4) is 11.5 Å². The first-order valence-corrected chi connectivity index (χ1v) is 11.6. The molecule has 4 aliphatic heterocycles. The smallest absolute Gasteiger partial charge is 0.115 e. The largest absolute Gasteiger partial charge is 0.508 e. The third kappa shape index (κ3) is 3.21. The minimum atomic E-state index is 0.313. The first-order valence-electron chi connectivity index (χ1n) is 11.6. The van der Waals surface area contributed by atoms with Gasteiger partial charge in [-0.15, -0.1) is 0 Å². The summed E-state index contributed by atoms with van der Waals surface area (Å²) >= 11 is 0. The highest BCUT2D eigenvalue weighted by Gasteiger charge is 2.54. The maximum atomic E-state index is 9.70. The van der Waals surface area contributed by atoms with Crippen LogP contribution in [0.15, 0.2) is 48.5 Å². The Morgan fingerprint density at radius 1 is 0.594 bits per heavy atom. The summed E-state index contributed by atoms with van der Waals surface area (Å²) in [6.07, 6.45) is 0.760. The lowest BCUT2D eigenvalue weighted by Crippen LogP contribution is -2.84. The maximum Gasteiger partial charge on any atom is 0.115 e. The molecule has 4 fully saturated rings. The molecule has 0 spiro atoms. The van der Waals surface area contributed by atoms with Crippen LogP contribution in [0.25, 0.3) is 0 Å². The van der Waals surface area contributed by atoms with Gasteiger partial charge in [-0.3, -0.25) is 19.6 Å². The minimum absolute atomic E-state index is 0.313. The van der Waals surface area contributed by atoms with Gasteiger partial charge in [0.2, 0.25) is 0 Å². The number of hydrogen-bond acceptors (Lipinski definition) is 8. The summed E-state index contributed by atoms with van der Waals surface area (Å²) in [7, 11) is 0. The van der Waals surface area contributed by atoms with Crippen LogP contribution < -0.4 is 9.80 Å². The van der Waals surface area contributed by atoms with Crippen molar-refractivity contribution in [1.82, 2.24) is 19.6 Å². The second kappa shape index (κ2) is 7.52. The van der Waals surface area contributed by atoms with Crippen LogP contribution in [0.2, 0.25) is 0 Å². The predicted octanol–water partition coefficient (Wildman–Crippen LogP) is 1.93. The molecule has 8 heteroatoms. The van der Waals surface area contributed by atoms with Crippen molar-refractivity contribution >= 4 is 11.4 Å². The third-order valence-corrected chi connectivity index (χ3v) is 7.63. The molecule has 4 heterocycles. The Balaban J connectivity index is 1.28. The molecule has 0 saturated carbocycles. The van der Waals surface area contributed by atoms with Crippen LogP contribution in [0.4, 0.5) is 11.4 Å². The molecule has 4 unspecified atom stereocenters. The van der Waals surface area contributed by atoms with Crippen LogP contribution >= 0.6 is 0 Å². The average Bonchev–Trinajstić information content (AvgIpc) is 2.79. The molecule has 0 aromatic heterocycles. The van der Waals surface area contributed by atoms with Gasteiger partial charge >= 0.3 is 0 Å². The van der Waals surface area contributed by atoms with E-state index < -0.39 is 0 Å². The highest BCUT2D eigenvalue weighted by molar-refractivity contribution is 5.50. The molecule has 0 bridgehead atoms. The lowest BCUT2D eigenvalue weighted by atomic mass is 9.99. The van der Waals surface area contributed by atoms with E-state index >= 15 is 0 Å². The normalized spacial score (nSPS) is 31.6. The van der Waals surface area contributed by atoms with E-state index in [1.165, 1.54) is 0 Å². The minimum Gasteiger partial charge on any atom is -0.508 e. The van der Waals surface area contributed by atoms with Gasteiger partial charge in [-0.1, -0.05) is 0 Å². The van der Waals surface area contributed by atoms with Crippen molar-refractivity contribution in [2.24, 2.45) is 0 Å². The molecule has 170 valence electrons. The summed E-state index contributed by atoms with van der Waals surface area (Å²) in [6, 6.07) is 16.1. The van der Waals surface area contributed by atoms with Crippen molar-refractivity contribution in [2.75, 3.05) is 49.6 Å². The topological polar surface area (TPSA) is 59.9 Å². The van der Waals surface area contributed by atoms with E-state index in [1.807, 2.05) is 24.3 Å². The van der Waals surface area contributed by atoms with E-state index in [0.717, 1.165) is 51.1 Å². The van der Waals surface area contributed by atoms with Crippen molar-refractivity contribution in [3.05, 3.63) is 48.5 Å². The average molecular weight is 437 g/mol. The van der Waals surface area contributed by atoms with Gasteiger partial charge in [0.15, 0.2) is 0 Å². The number of rotatable bonds is 2. The molecule has 32 heavy (non-hydrogen) atoms. The summed E-state index contributed by atoms with van der Waals surface area (Å²) in [5.74, 6) is 0.626. The van der Waals surface area contributed by atoms with E-state index in [4.69, 9.17) is 0 Å². The van der Waals surface area contributed by atoms with Gasteiger partial charge in [0.05, 0.1) is 39.0 Å². The zero-order valence-electron chi connectivity index (χ0n) is 18.7. The molecule has 0 aliphatic carbocycles. The molecule has 2 N–H and O–H groups in total. The summed E-state index contributed by atoms with van der Waals surface area (Å²) in [5.41, 5.74) is 2.32. The fourth-order valence-electron chi connectivity index (χ4n) is 6.07. The third-order valence-electron chi connectivity index (χ3n) is 7.63. The predicted molar refractivity (Wildman–Crippen MR) is 124 cm³/mol. The second-order valence-electron chi connectivity index (χ2n) is 9.77. The van der Waals surface area contributed by atoms with Crippen LogP contribution in [0.3, 0.4) is 0 Å². The summed E-state index contributed by atoms with van der Waals surface area (Å²) in [5, 5.41) is 19.4. The quantitative estimate of drug-likeness (QED) is 0.741. The SMILES string of the molecule is CC1CN2CN(c3ccc(O)cc3)CN3C(C)CN4CN(c5ccc(O)cc5)CN1C4C23. The van der Waals surface area contributed by atoms with E-state index in [2.05, 4.69) is 43.2 Å². The zero-order valence-corrected chi connectivity index (χ0v) is 18.7. The first-order chi connectivity index (χ1) is 15.5. The van der Waals surface area contributed by atoms with E-state index in [0.29, 0.717) is 35.9 Å². The lowest BCUT2D eigenvalue weighted by molar-refractivity contribution is -0.207. The van der Waals surface area contributed by atoms with E-state index in [9.17, 15) is 10.2 Å². The molecule has 2 aromatic rings. The van der Waals surface area contributed by atoms with E-state index in [-0.39, 0.29) is 0 Å². The molecule has 4 aliphatic rings. The highest BCUT2D eigenvalue weighted by atomic mass is 16.3. The Morgan fingerprint density at radius 2 is 0.969 bits per heavy atom. The maximum absolute atomic E-state index is 9.70. The standard InChI is InChI=1S/C24H32N6O2/c1-17-11-25-13-28(20-5-9-22(32)10-6-20)16-30-18(2)12-26-14-27(15-29(17)23(26)24(25)30)19-3-7-21(31)8-4-19/h3-10,17-18,23-24,31-32H,11-16H2,1-2H3. The number of piperazine rings is 2. The van der Waals surface area contributed by atoms with Gasteiger partial charge < -0.3 is 20.0 Å². The summed E-state index contributed by atoms with van der Waals surface area (Å²) < 4.78 is 0. The van der Waals surface area contributed by atoms with Crippen molar-refractivity contribution in [1.29, 1.82) is 0 Å². The van der Waals surface area contributed by atoms with Gasteiger partial charge in [-0.05, 0) is 62.4 Å². The molecule has 0 amide bonds. The van der Waals surface area contributed by atoms with Crippen molar-refractivity contribution < 1.29 is 10.2 Å². The number of phenolic OH excluding ortho intramolecular Hbond substituents is 2. The highest BCUT2D eigenvalue weighted by Crippen LogP contribution is 2.39. The van der Waals surface area contributed by atoms with Gasteiger partial charge in [0.1, 0.15) is 11.5 Å². The van der Waals surface area contributed by atoms with Gasteiger partial charge in [0, 0.05) is 36.5 Å². The van der Waals surface area contributed by atoms with Crippen molar-refractivity contribution in [3.63, 3.8) is 0 Å². The van der Waals surface area contributed by atoms with Gasteiger partial charge in [0.25, 0.3) is 0 Å². The first kappa shape index (κ1) is 20.1. The monoisotopic (exact) mass is 436 g/mol. The molecule has 6 rings (SSSR count). The lowest BCUT2D eigenvalue weighted by Gasteiger charge is -2.67. The summed E-state index contributed by atoms with van der Waals surface area (Å²) in [4.78, 5) is 15.5. The van der Waals surface area contributed by atoms with E-state index in [1.54, 1.807) is 24.3 Å². The number of phenols is 2. The fourth-order valence-corrected chi connectivity index (χ4v) is 6.07. The fraction of sp³-hybridized carbons (Fsp3) is 0.500. The zero-order chi connectivity index (χ0) is 22.0. The number of nitrogens with zero attached hydrogens (tertiary/aromatic N) is 6. The van der Waals surface area contributed by atoms with Crippen LogP contribution in [-0.4, -0.2) is 94.0 Å². The molecule has 2 aromatic carbocycles. The van der Waals surface area contributed by atoms with Crippen LogP contribution in [0.1, 0.15) is 13.8 Å². The number of aromatic hydroxyl groups is 2. The molecule has 8 nitrogen and oxygen atoms in total. The Kier molecular flexibility index (Phi) is 4.73. The van der Waals surface area contributed by atoms with Crippen LogP contribution in [-0.2, 0) is 0 Å². The Bertz CT molecular complexity index is 890. The Labute approximate surface area is 189 Å². The van der Waals surface area contributed by atoms with Crippen LogP contribution in [0, 0.1) is 0 Å². The van der Waals surface area contributed by atoms with Gasteiger partial charge in [-0.25, -0.2) is 0 Å².